The van der Waals surface area contributed by atoms with E-state index < -0.39 is 0 Å². The van der Waals surface area contributed by atoms with Crippen molar-refractivity contribution in [3.05, 3.63) is 30.1 Å². The first-order valence-corrected chi connectivity index (χ1v) is 5.74. The van der Waals surface area contributed by atoms with Crippen molar-refractivity contribution >= 4 is 0 Å². The average molecular weight is 205 g/mol. The van der Waals surface area contributed by atoms with Crippen LogP contribution in [-0.4, -0.2) is 23.6 Å². The van der Waals surface area contributed by atoms with Gasteiger partial charge in [-0.15, -0.1) is 0 Å². The second kappa shape index (κ2) is 5.24. The van der Waals surface area contributed by atoms with Crippen molar-refractivity contribution < 1.29 is 0 Å². The summed E-state index contributed by atoms with van der Waals surface area (Å²) in [7, 11) is 0. The minimum atomic E-state index is 0.360. The van der Waals surface area contributed by atoms with Crippen LogP contribution < -0.4 is 11.1 Å². The molecule has 0 aliphatic heterocycles. The number of pyridine rings is 1. The van der Waals surface area contributed by atoms with Crippen molar-refractivity contribution in [2.45, 2.75) is 37.8 Å². The fourth-order valence-corrected chi connectivity index (χ4v) is 2.19. The Morgan fingerprint density at radius 1 is 1.47 bits per heavy atom. The summed E-state index contributed by atoms with van der Waals surface area (Å²) in [6, 6.07) is 4.99. The van der Waals surface area contributed by atoms with Gasteiger partial charge < -0.3 is 11.1 Å². The number of aromatic nitrogens is 1. The van der Waals surface area contributed by atoms with E-state index in [4.69, 9.17) is 5.73 Å². The monoisotopic (exact) mass is 205 g/mol. The van der Waals surface area contributed by atoms with E-state index in [0.29, 0.717) is 12.1 Å². The van der Waals surface area contributed by atoms with Gasteiger partial charge in [-0.25, -0.2) is 0 Å². The molecule has 0 spiro atoms. The third-order valence-corrected chi connectivity index (χ3v) is 3.11. The Hall–Kier alpha value is -0.930. The summed E-state index contributed by atoms with van der Waals surface area (Å²) < 4.78 is 0. The van der Waals surface area contributed by atoms with E-state index in [0.717, 1.165) is 13.0 Å². The third kappa shape index (κ3) is 3.01. The molecule has 1 aromatic rings. The van der Waals surface area contributed by atoms with E-state index in [-0.39, 0.29) is 0 Å². The van der Waals surface area contributed by atoms with Gasteiger partial charge in [-0.05, 0) is 37.4 Å². The molecule has 1 fully saturated rings. The smallest absolute Gasteiger partial charge is 0.0300 e. The summed E-state index contributed by atoms with van der Waals surface area (Å²) in [6.07, 6.45) is 8.45. The molecular weight excluding hydrogens is 186 g/mol. The number of nitrogens with two attached hydrogens (primary N) is 1. The molecule has 1 saturated carbocycles. The highest BCUT2D eigenvalue weighted by atomic mass is 15.0. The lowest BCUT2D eigenvalue weighted by Gasteiger charge is -2.16. The average Bonchev–Trinajstić information content (AvgIpc) is 2.66. The number of hydrogen-bond donors (Lipinski definition) is 2. The third-order valence-electron chi connectivity index (χ3n) is 3.11. The topological polar surface area (TPSA) is 50.9 Å². The van der Waals surface area contributed by atoms with E-state index in [2.05, 4.69) is 16.4 Å². The Morgan fingerprint density at radius 3 is 3.07 bits per heavy atom. The molecule has 1 aliphatic carbocycles. The van der Waals surface area contributed by atoms with Crippen LogP contribution in [0.15, 0.2) is 24.5 Å². The highest BCUT2D eigenvalue weighted by Gasteiger charge is 2.22. The Balaban J connectivity index is 1.71. The van der Waals surface area contributed by atoms with Gasteiger partial charge >= 0.3 is 0 Å². The molecule has 3 nitrogen and oxygen atoms in total. The van der Waals surface area contributed by atoms with Gasteiger partial charge in [-0.3, -0.25) is 4.98 Å². The fraction of sp³-hybridized carbons (Fsp3) is 0.583. The molecule has 82 valence electrons. The highest BCUT2D eigenvalue weighted by Crippen LogP contribution is 2.16. The standard InChI is InChI=1S/C12H19N3/c13-11-4-1-5-12(11)15-8-6-10-3-2-7-14-9-10/h2-3,7,9,11-12,15H,1,4-6,8,13H2. The molecule has 0 bridgehead atoms. The quantitative estimate of drug-likeness (QED) is 0.773. The summed E-state index contributed by atoms with van der Waals surface area (Å²) in [5, 5.41) is 3.53. The second-order valence-corrected chi connectivity index (χ2v) is 4.27. The van der Waals surface area contributed by atoms with Gasteiger partial charge in [-0.1, -0.05) is 12.5 Å². The predicted octanol–water partition coefficient (Wildman–Crippen LogP) is 1.09. The Morgan fingerprint density at radius 2 is 2.40 bits per heavy atom. The summed E-state index contributed by atoms with van der Waals surface area (Å²) >= 11 is 0. The van der Waals surface area contributed by atoms with E-state index >= 15 is 0 Å². The predicted molar refractivity (Wildman–Crippen MR) is 61.6 cm³/mol. The minimum absolute atomic E-state index is 0.360. The molecule has 2 atom stereocenters. The van der Waals surface area contributed by atoms with Gasteiger partial charge in [0.25, 0.3) is 0 Å². The van der Waals surface area contributed by atoms with Crippen LogP contribution >= 0.6 is 0 Å². The zero-order chi connectivity index (χ0) is 10.5. The molecular formula is C12H19N3. The molecule has 2 unspecified atom stereocenters. The first-order chi connectivity index (χ1) is 7.36. The summed E-state index contributed by atoms with van der Waals surface area (Å²) in [4.78, 5) is 4.10. The molecule has 3 heteroatoms. The Labute approximate surface area is 91.1 Å². The molecule has 0 amide bonds. The molecule has 0 aromatic carbocycles. The van der Waals surface area contributed by atoms with E-state index in [1.165, 1.54) is 24.8 Å². The lowest BCUT2D eigenvalue weighted by molar-refractivity contribution is 0.479. The fourth-order valence-electron chi connectivity index (χ4n) is 2.19. The minimum Gasteiger partial charge on any atom is -0.326 e. The van der Waals surface area contributed by atoms with Crippen LogP contribution in [0.2, 0.25) is 0 Å². The molecule has 1 aromatic heterocycles. The number of nitrogens with one attached hydrogen (secondary N) is 1. The summed E-state index contributed by atoms with van der Waals surface area (Å²) in [5.41, 5.74) is 7.27. The lowest BCUT2D eigenvalue weighted by atomic mass is 10.1. The molecule has 15 heavy (non-hydrogen) atoms. The van der Waals surface area contributed by atoms with Gasteiger partial charge in [0.2, 0.25) is 0 Å². The summed E-state index contributed by atoms with van der Waals surface area (Å²) in [5.74, 6) is 0. The van der Waals surface area contributed by atoms with Gasteiger partial charge in [0.05, 0.1) is 0 Å². The van der Waals surface area contributed by atoms with Crippen molar-refractivity contribution in [1.29, 1.82) is 0 Å². The number of nitrogens with zero attached hydrogens (tertiary/aromatic N) is 1. The Kier molecular flexibility index (Phi) is 3.69. The van der Waals surface area contributed by atoms with Gasteiger partial charge in [0, 0.05) is 24.5 Å². The number of hydrogen-bond acceptors (Lipinski definition) is 3. The van der Waals surface area contributed by atoms with Crippen LogP contribution in [0.5, 0.6) is 0 Å². The molecule has 2 rings (SSSR count). The first kappa shape index (κ1) is 10.6. The zero-order valence-corrected chi connectivity index (χ0v) is 9.02. The maximum absolute atomic E-state index is 5.98. The van der Waals surface area contributed by atoms with Crippen LogP contribution in [0.1, 0.15) is 24.8 Å². The Bertz CT molecular complexity index is 286. The van der Waals surface area contributed by atoms with Crippen molar-refractivity contribution in [3.63, 3.8) is 0 Å². The van der Waals surface area contributed by atoms with Crippen molar-refractivity contribution in [1.82, 2.24) is 10.3 Å². The highest BCUT2D eigenvalue weighted by molar-refractivity contribution is 5.08. The van der Waals surface area contributed by atoms with Crippen LogP contribution in [0.25, 0.3) is 0 Å². The number of rotatable bonds is 4. The van der Waals surface area contributed by atoms with Crippen LogP contribution in [-0.2, 0) is 6.42 Å². The second-order valence-electron chi connectivity index (χ2n) is 4.27. The van der Waals surface area contributed by atoms with Gasteiger partial charge in [0.1, 0.15) is 0 Å². The van der Waals surface area contributed by atoms with Crippen molar-refractivity contribution in [3.8, 4) is 0 Å². The SMILES string of the molecule is NC1CCCC1NCCc1cccnc1. The van der Waals surface area contributed by atoms with Crippen molar-refractivity contribution in [2.24, 2.45) is 5.73 Å². The lowest BCUT2D eigenvalue weighted by Crippen LogP contribution is -2.41. The molecule has 0 saturated heterocycles. The zero-order valence-electron chi connectivity index (χ0n) is 9.02. The van der Waals surface area contributed by atoms with Crippen LogP contribution in [0.3, 0.4) is 0 Å². The molecule has 1 heterocycles. The normalized spacial score (nSPS) is 25.7. The maximum atomic E-state index is 5.98. The molecule has 1 aliphatic rings. The first-order valence-electron chi connectivity index (χ1n) is 5.74. The van der Waals surface area contributed by atoms with Crippen LogP contribution in [0, 0.1) is 0 Å². The van der Waals surface area contributed by atoms with E-state index in [1.54, 1.807) is 0 Å². The van der Waals surface area contributed by atoms with E-state index in [1.807, 2.05) is 18.5 Å². The van der Waals surface area contributed by atoms with Crippen molar-refractivity contribution in [2.75, 3.05) is 6.54 Å². The summed E-state index contributed by atoms with van der Waals surface area (Å²) in [6.45, 7) is 1.00. The largest absolute Gasteiger partial charge is 0.326 e. The maximum Gasteiger partial charge on any atom is 0.0300 e. The molecule has 0 radical (unpaired) electrons. The van der Waals surface area contributed by atoms with Crippen LogP contribution in [0.4, 0.5) is 0 Å². The van der Waals surface area contributed by atoms with Gasteiger partial charge in [-0.2, -0.15) is 0 Å². The van der Waals surface area contributed by atoms with E-state index in [9.17, 15) is 0 Å². The molecule has 3 N–H and O–H groups in total. The van der Waals surface area contributed by atoms with Gasteiger partial charge in [0.15, 0.2) is 0 Å².